The molecule has 0 aliphatic heterocycles. The van der Waals surface area contributed by atoms with Crippen LogP contribution in [0.25, 0.3) is 0 Å². The fraction of sp³-hybridized carbons (Fsp3) is 0.913. The molecule has 2 rings (SSSR count). The summed E-state index contributed by atoms with van der Waals surface area (Å²) in [4.78, 5) is 0. The molecular weight excluding hydrogens is 292 g/mol. The smallest absolute Gasteiger partial charge is 0.0575 e. The summed E-state index contributed by atoms with van der Waals surface area (Å²) in [7, 11) is 0. The summed E-state index contributed by atoms with van der Waals surface area (Å²) in [5.41, 5.74) is 0. The number of hydrogen-bond acceptors (Lipinski definition) is 1. The molecular formula is C23H42O. The highest BCUT2D eigenvalue weighted by molar-refractivity contribution is 4.84. The summed E-state index contributed by atoms with van der Waals surface area (Å²) >= 11 is 0. The van der Waals surface area contributed by atoms with Gasteiger partial charge in [0.05, 0.1) is 6.10 Å². The fourth-order valence-corrected chi connectivity index (χ4v) is 4.95. The standard InChI is InChI=1S/C23H42O/c1-3-5-7-9-19-24-23-17-15-22(16-18-23)21-13-11-20(12-14-21)10-8-6-4-2/h4,6,20-23H,3,5,7-19H2,1-2H3/b6-4+. The number of unbranched alkanes of at least 4 members (excludes halogenated alkanes) is 3. The minimum atomic E-state index is 0.583. The van der Waals surface area contributed by atoms with Crippen molar-refractivity contribution in [2.75, 3.05) is 6.61 Å². The Labute approximate surface area is 151 Å². The number of allylic oxidation sites excluding steroid dienone is 2. The number of rotatable bonds is 10. The van der Waals surface area contributed by atoms with E-state index < -0.39 is 0 Å². The van der Waals surface area contributed by atoms with Crippen LogP contribution in [0.15, 0.2) is 12.2 Å². The van der Waals surface area contributed by atoms with E-state index in [2.05, 4.69) is 26.0 Å². The molecule has 0 amide bonds. The van der Waals surface area contributed by atoms with Crippen LogP contribution < -0.4 is 0 Å². The zero-order valence-electron chi connectivity index (χ0n) is 16.5. The van der Waals surface area contributed by atoms with Gasteiger partial charge in [-0.25, -0.2) is 0 Å². The summed E-state index contributed by atoms with van der Waals surface area (Å²) in [6, 6.07) is 0. The van der Waals surface area contributed by atoms with Gasteiger partial charge >= 0.3 is 0 Å². The molecule has 0 radical (unpaired) electrons. The predicted octanol–water partition coefficient (Wildman–Crippen LogP) is 7.30. The quantitative estimate of drug-likeness (QED) is 0.301. The van der Waals surface area contributed by atoms with Gasteiger partial charge in [0, 0.05) is 6.61 Å². The van der Waals surface area contributed by atoms with Crippen molar-refractivity contribution in [2.24, 2.45) is 17.8 Å². The molecule has 1 heteroatoms. The van der Waals surface area contributed by atoms with E-state index in [-0.39, 0.29) is 0 Å². The lowest BCUT2D eigenvalue weighted by Crippen LogP contribution is -2.28. The number of hydrogen-bond donors (Lipinski definition) is 0. The molecule has 0 atom stereocenters. The van der Waals surface area contributed by atoms with Crippen molar-refractivity contribution in [1.82, 2.24) is 0 Å². The first-order valence-corrected chi connectivity index (χ1v) is 11.1. The van der Waals surface area contributed by atoms with E-state index in [1.54, 1.807) is 0 Å². The molecule has 0 bridgehead atoms. The monoisotopic (exact) mass is 334 g/mol. The van der Waals surface area contributed by atoms with E-state index in [0.717, 1.165) is 24.4 Å². The summed E-state index contributed by atoms with van der Waals surface area (Å²) in [6.07, 6.45) is 24.7. The Hall–Kier alpha value is -0.300. The lowest BCUT2D eigenvalue weighted by atomic mass is 9.70. The minimum Gasteiger partial charge on any atom is -0.378 e. The zero-order chi connectivity index (χ0) is 17.0. The topological polar surface area (TPSA) is 9.23 Å². The van der Waals surface area contributed by atoms with Gasteiger partial charge in [-0.05, 0) is 82.5 Å². The maximum atomic E-state index is 6.13. The highest BCUT2D eigenvalue weighted by Crippen LogP contribution is 2.41. The Morgan fingerprint density at radius 1 is 0.833 bits per heavy atom. The Morgan fingerprint density at radius 2 is 1.50 bits per heavy atom. The average Bonchev–Trinajstić information content (AvgIpc) is 2.63. The third-order valence-electron chi connectivity index (χ3n) is 6.61. The molecule has 0 heterocycles. The largest absolute Gasteiger partial charge is 0.378 e. The van der Waals surface area contributed by atoms with Crippen molar-refractivity contribution in [3.8, 4) is 0 Å². The lowest BCUT2D eigenvalue weighted by Gasteiger charge is -2.37. The van der Waals surface area contributed by atoms with Crippen LogP contribution in [0.1, 0.15) is 104 Å². The molecule has 24 heavy (non-hydrogen) atoms. The molecule has 0 saturated heterocycles. The molecule has 2 aliphatic carbocycles. The van der Waals surface area contributed by atoms with Crippen LogP contribution in [0, 0.1) is 17.8 Å². The van der Waals surface area contributed by atoms with Gasteiger partial charge in [0.25, 0.3) is 0 Å². The Morgan fingerprint density at radius 3 is 2.12 bits per heavy atom. The second-order valence-corrected chi connectivity index (χ2v) is 8.40. The van der Waals surface area contributed by atoms with Crippen molar-refractivity contribution in [3.05, 3.63) is 12.2 Å². The van der Waals surface area contributed by atoms with Crippen molar-refractivity contribution >= 4 is 0 Å². The molecule has 0 spiro atoms. The summed E-state index contributed by atoms with van der Waals surface area (Å²) in [6.45, 7) is 5.42. The van der Waals surface area contributed by atoms with Crippen LogP contribution in [-0.2, 0) is 4.74 Å². The molecule has 2 saturated carbocycles. The van der Waals surface area contributed by atoms with Crippen LogP contribution in [0.5, 0.6) is 0 Å². The molecule has 0 unspecified atom stereocenters. The van der Waals surface area contributed by atoms with Gasteiger partial charge in [-0.2, -0.15) is 0 Å². The van der Waals surface area contributed by atoms with Crippen LogP contribution in [0.4, 0.5) is 0 Å². The normalized spacial score (nSPS) is 31.6. The molecule has 1 nitrogen and oxygen atoms in total. The Balaban J connectivity index is 1.55. The van der Waals surface area contributed by atoms with Crippen LogP contribution in [-0.4, -0.2) is 12.7 Å². The van der Waals surface area contributed by atoms with E-state index in [1.807, 2.05) is 0 Å². The van der Waals surface area contributed by atoms with Crippen molar-refractivity contribution in [1.29, 1.82) is 0 Å². The molecule has 2 fully saturated rings. The third-order valence-corrected chi connectivity index (χ3v) is 6.61. The lowest BCUT2D eigenvalue weighted by molar-refractivity contribution is 0.00534. The molecule has 140 valence electrons. The SMILES string of the molecule is C/C=C/CCC1CCC(C2CCC(OCCCCCC)CC2)CC1. The first kappa shape index (κ1) is 20.0. The van der Waals surface area contributed by atoms with Crippen molar-refractivity contribution < 1.29 is 4.74 Å². The molecule has 0 aromatic heterocycles. The van der Waals surface area contributed by atoms with Gasteiger partial charge in [-0.1, -0.05) is 51.2 Å². The van der Waals surface area contributed by atoms with Crippen molar-refractivity contribution in [2.45, 2.75) is 110 Å². The van der Waals surface area contributed by atoms with Crippen molar-refractivity contribution in [3.63, 3.8) is 0 Å². The molecule has 0 aromatic rings. The van der Waals surface area contributed by atoms with Gasteiger partial charge in [0.2, 0.25) is 0 Å². The van der Waals surface area contributed by atoms with Crippen LogP contribution >= 0.6 is 0 Å². The molecule has 0 N–H and O–H groups in total. The average molecular weight is 335 g/mol. The maximum Gasteiger partial charge on any atom is 0.0575 e. The van der Waals surface area contributed by atoms with E-state index in [4.69, 9.17) is 4.74 Å². The van der Waals surface area contributed by atoms with Gasteiger partial charge in [-0.15, -0.1) is 0 Å². The van der Waals surface area contributed by atoms with E-state index in [1.165, 1.54) is 89.9 Å². The molecule has 2 aliphatic rings. The minimum absolute atomic E-state index is 0.583. The predicted molar refractivity (Wildman–Crippen MR) is 105 cm³/mol. The first-order valence-electron chi connectivity index (χ1n) is 11.1. The van der Waals surface area contributed by atoms with Gasteiger partial charge in [0.15, 0.2) is 0 Å². The van der Waals surface area contributed by atoms with E-state index in [9.17, 15) is 0 Å². The van der Waals surface area contributed by atoms with Crippen LogP contribution in [0.2, 0.25) is 0 Å². The maximum absolute atomic E-state index is 6.13. The summed E-state index contributed by atoms with van der Waals surface area (Å²) < 4.78 is 6.13. The van der Waals surface area contributed by atoms with Gasteiger partial charge in [0.1, 0.15) is 0 Å². The highest BCUT2D eigenvalue weighted by Gasteiger charge is 2.30. The number of ether oxygens (including phenoxy) is 1. The fourth-order valence-electron chi connectivity index (χ4n) is 4.95. The second kappa shape index (κ2) is 12.1. The first-order chi connectivity index (χ1) is 11.8. The van der Waals surface area contributed by atoms with E-state index in [0.29, 0.717) is 6.10 Å². The summed E-state index contributed by atoms with van der Waals surface area (Å²) in [5.74, 6) is 3.06. The Kier molecular flexibility index (Phi) is 10.1. The Bertz CT molecular complexity index is 319. The van der Waals surface area contributed by atoms with E-state index >= 15 is 0 Å². The zero-order valence-corrected chi connectivity index (χ0v) is 16.5. The second-order valence-electron chi connectivity index (χ2n) is 8.40. The van der Waals surface area contributed by atoms with Crippen LogP contribution in [0.3, 0.4) is 0 Å². The summed E-state index contributed by atoms with van der Waals surface area (Å²) in [5, 5.41) is 0. The highest BCUT2D eigenvalue weighted by atomic mass is 16.5. The van der Waals surface area contributed by atoms with Gasteiger partial charge in [-0.3, -0.25) is 0 Å². The molecule has 0 aromatic carbocycles. The third kappa shape index (κ3) is 7.30. The van der Waals surface area contributed by atoms with Gasteiger partial charge < -0.3 is 4.74 Å².